The van der Waals surface area contributed by atoms with Crippen LogP contribution in [0.25, 0.3) is 0 Å². The zero-order chi connectivity index (χ0) is 8.69. The number of hydrogen-bond donors (Lipinski definition) is 1. The third-order valence-corrected chi connectivity index (χ3v) is 0.959. The van der Waals surface area contributed by atoms with Crippen molar-refractivity contribution in [1.29, 1.82) is 5.26 Å². The Balaban J connectivity index is 4.54. The van der Waals surface area contributed by atoms with E-state index in [1.807, 2.05) is 0 Å². The number of hydrogen-bond acceptors (Lipinski definition) is 2. The second-order valence-corrected chi connectivity index (χ2v) is 1.72. The van der Waals surface area contributed by atoms with Crippen LogP contribution in [-0.4, -0.2) is 6.54 Å². The molecule has 2 nitrogen and oxygen atoms in total. The zero-order valence-corrected chi connectivity index (χ0v) is 6.05. The molecule has 0 radical (unpaired) electrons. The van der Waals surface area contributed by atoms with Gasteiger partial charge in [-0.2, -0.15) is 5.26 Å². The van der Waals surface area contributed by atoms with Crippen molar-refractivity contribution in [3.63, 3.8) is 0 Å². The van der Waals surface area contributed by atoms with Crippen molar-refractivity contribution in [2.24, 2.45) is 5.73 Å². The number of nitriles is 1. The Hall–Kier alpha value is -1.40. The van der Waals surface area contributed by atoms with Crippen LogP contribution in [0.4, 0.5) is 4.39 Å². The first-order chi connectivity index (χ1) is 5.26. The van der Waals surface area contributed by atoms with Crippen LogP contribution in [0.15, 0.2) is 36.2 Å². The van der Waals surface area contributed by atoms with Gasteiger partial charge in [-0.15, -0.1) is 0 Å². The minimum Gasteiger partial charge on any atom is -0.327 e. The quantitative estimate of drug-likeness (QED) is 0.491. The Morgan fingerprint density at radius 1 is 1.73 bits per heavy atom. The molecular weight excluding hydrogens is 143 g/mol. The zero-order valence-electron chi connectivity index (χ0n) is 6.05. The first-order valence-corrected chi connectivity index (χ1v) is 3.05. The number of allylic oxidation sites excluding steroid dienone is 4. The van der Waals surface area contributed by atoms with Crippen LogP contribution in [0.1, 0.15) is 0 Å². The molecule has 0 bridgehead atoms. The molecule has 0 fully saturated rings. The van der Waals surface area contributed by atoms with E-state index in [4.69, 9.17) is 11.0 Å². The summed E-state index contributed by atoms with van der Waals surface area (Å²) in [7, 11) is 0. The van der Waals surface area contributed by atoms with Crippen LogP contribution in [0.2, 0.25) is 0 Å². The number of halogens is 1. The number of rotatable bonds is 3. The van der Waals surface area contributed by atoms with Crippen molar-refractivity contribution < 1.29 is 4.39 Å². The van der Waals surface area contributed by atoms with Crippen LogP contribution in [-0.2, 0) is 0 Å². The van der Waals surface area contributed by atoms with E-state index in [1.165, 1.54) is 12.2 Å². The summed E-state index contributed by atoms with van der Waals surface area (Å²) < 4.78 is 12.7. The first-order valence-electron chi connectivity index (χ1n) is 3.05. The maximum atomic E-state index is 12.7. The lowest BCUT2D eigenvalue weighted by molar-refractivity contribution is 0.654. The largest absolute Gasteiger partial charge is 0.327 e. The summed E-state index contributed by atoms with van der Waals surface area (Å²) in [5, 5.41) is 8.37. The molecule has 0 saturated carbocycles. The summed E-state index contributed by atoms with van der Waals surface area (Å²) >= 11 is 0. The number of nitrogens with zero attached hydrogens (tertiary/aromatic N) is 1. The van der Waals surface area contributed by atoms with Gasteiger partial charge in [-0.05, 0) is 12.2 Å². The van der Waals surface area contributed by atoms with Gasteiger partial charge < -0.3 is 5.73 Å². The van der Waals surface area contributed by atoms with Gasteiger partial charge in [0.15, 0.2) is 0 Å². The SMILES string of the molecule is C=C/C=C(C#N)\C(F)=C/CN. The Morgan fingerprint density at radius 2 is 2.36 bits per heavy atom. The molecule has 58 valence electrons. The molecule has 0 aliphatic carbocycles. The fraction of sp³-hybridized carbons (Fsp3) is 0.125. The van der Waals surface area contributed by atoms with E-state index < -0.39 is 5.83 Å². The van der Waals surface area contributed by atoms with E-state index in [0.717, 1.165) is 6.08 Å². The summed E-state index contributed by atoms with van der Waals surface area (Å²) in [6.07, 6.45) is 3.78. The van der Waals surface area contributed by atoms with Crippen molar-refractivity contribution in [1.82, 2.24) is 0 Å². The van der Waals surface area contributed by atoms with E-state index in [0.29, 0.717) is 0 Å². The van der Waals surface area contributed by atoms with Gasteiger partial charge in [0.1, 0.15) is 11.9 Å². The Labute approximate surface area is 65.1 Å². The monoisotopic (exact) mass is 152 g/mol. The second kappa shape index (κ2) is 5.39. The molecule has 0 aliphatic heterocycles. The lowest BCUT2D eigenvalue weighted by Gasteiger charge is -1.90. The predicted molar refractivity (Wildman–Crippen MR) is 42.1 cm³/mol. The average molecular weight is 152 g/mol. The van der Waals surface area contributed by atoms with E-state index in [-0.39, 0.29) is 12.1 Å². The molecule has 2 N–H and O–H groups in total. The standard InChI is InChI=1S/C8H9FN2/c1-2-3-7(6-11)8(9)4-5-10/h2-4H,1,5,10H2/b7-3-,8-4+. The van der Waals surface area contributed by atoms with Crippen LogP contribution >= 0.6 is 0 Å². The van der Waals surface area contributed by atoms with Crippen LogP contribution < -0.4 is 5.73 Å². The smallest absolute Gasteiger partial charge is 0.138 e. The highest BCUT2D eigenvalue weighted by atomic mass is 19.1. The lowest BCUT2D eigenvalue weighted by Crippen LogP contribution is -1.94. The van der Waals surface area contributed by atoms with Crippen molar-refractivity contribution in [3.05, 3.63) is 36.2 Å². The molecule has 0 aliphatic rings. The normalized spacial score (nSPS) is 12.5. The molecule has 0 saturated heterocycles. The van der Waals surface area contributed by atoms with E-state index in [1.54, 1.807) is 6.07 Å². The Kier molecular flexibility index (Phi) is 4.70. The molecule has 3 heteroatoms. The minimum atomic E-state index is -0.602. The molecule has 11 heavy (non-hydrogen) atoms. The molecule has 0 unspecified atom stereocenters. The summed E-state index contributed by atoms with van der Waals surface area (Å²) in [6, 6.07) is 1.68. The Bertz CT molecular complexity index is 233. The molecule has 0 aromatic rings. The molecule has 0 rings (SSSR count). The second-order valence-electron chi connectivity index (χ2n) is 1.72. The van der Waals surface area contributed by atoms with Gasteiger partial charge in [0, 0.05) is 6.54 Å². The van der Waals surface area contributed by atoms with Crippen molar-refractivity contribution in [2.75, 3.05) is 6.54 Å². The lowest BCUT2D eigenvalue weighted by atomic mass is 10.2. The van der Waals surface area contributed by atoms with Gasteiger partial charge in [-0.1, -0.05) is 12.7 Å². The third kappa shape index (κ3) is 3.33. The van der Waals surface area contributed by atoms with Crippen molar-refractivity contribution in [3.8, 4) is 6.07 Å². The average Bonchev–Trinajstić information content (AvgIpc) is 2.00. The van der Waals surface area contributed by atoms with Gasteiger partial charge in [-0.3, -0.25) is 0 Å². The van der Waals surface area contributed by atoms with Crippen LogP contribution in [0.3, 0.4) is 0 Å². The molecule has 0 aromatic heterocycles. The topological polar surface area (TPSA) is 49.8 Å². The van der Waals surface area contributed by atoms with Gasteiger partial charge in [0.25, 0.3) is 0 Å². The molecule has 0 aromatic carbocycles. The summed E-state index contributed by atoms with van der Waals surface area (Å²) in [5.41, 5.74) is 4.99. The molecule has 0 atom stereocenters. The maximum Gasteiger partial charge on any atom is 0.138 e. The molecule has 0 amide bonds. The minimum absolute atomic E-state index is 0.0505. The molecular formula is C8H9FN2. The summed E-state index contributed by atoms with van der Waals surface area (Å²) in [5.74, 6) is -0.602. The summed E-state index contributed by atoms with van der Waals surface area (Å²) in [6.45, 7) is 3.42. The molecule has 0 heterocycles. The maximum absolute atomic E-state index is 12.7. The van der Waals surface area contributed by atoms with Crippen molar-refractivity contribution in [2.45, 2.75) is 0 Å². The number of nitrogens with two attached hydrogens (primary N) is 1. The van der Waals surface area contributed by atoms with Gasteiger partial charge in [0.05, 0.1) is 5.57 Å². The highest BCUT2D eigenvalue weighted by Gasteiger charge is 1.99. The third-order valence-electron chi connectivity index (χ3n) is 0.959. The molecule has 0 spiro atoms. The van der Waals surface area contributed by atoms with E-state index in [2.05, 4.69) is 6.58 Å². The van der Waals surface area contributed by atoms with Crippen LogP contribution in [0.5, 0.6) is 0 Å². The van der Waals surface area contributed by atoms with Gasteiger partial charge in [0.2, 0.25) is 0 Å². The highest BCUT2D eigenvalue weighted by molar-refractivity contribution is 5.39. The van der Waals surface area contributed by atoms with E-state index >= 15 is 0 Å². The fourth-order valence-electron chi connectivity index (χ4n) is 0.502. The Morgan fingerprint density at radius 3 is 2.73 bits per heavy atom. The fourth-order valence-corrected chi connectivity index (χ4v) is 0.502. The summed E-state index contributed by atoms with van der Waals surface area (Å²) in [4.78, 5) is 0. The highest BCUT2D eigenvalue weighted by Crippen LogP contribution is 2.09. The van der Waals surface area contributed by atoms with Gasteiger partial charge in [-0.25, -0.2) is 4.39 Å². The van der Waals surface area contributed by atoms with Crippen LogP contribution in [0, 0.1) is 11.3 Å². The van der Waals surface area contributed by atoms with Crippen molar-refractivity contribution >= 4 is 0 Å². The van der Waals surface area contributed by atoms with Gasteiger partial charge >= 0.3 is 0 Å². The predicted octanol–water partition coefficient (Wildman–Crippen LogP) is 1.43. The van der Waals surface area contributed by atoms with E-state index in [9.17, 15) is 4.39 Å². The first kappa shape index (κ1) is 9.60.